The molecule has 0 radical (unpaired) electrons. The van der Waals surface area contributed by atoms with Gasteiger partial charge in [0.2, 0.25) is 0 Å². The first-order valence-corrected chi connectivity index (χ1v) is 11.1. The van der Waals surface area contributed by atoms with Gasteiger partial charge in [-0.05, 0) is 37.0 Å². The third-order valence-electron chi connectivity index (χ3n) is 5.54. The number of halogens is 1. The number of methoxy groups -OCH3 is 3. The van der Waals surface area contributed by atoms with Gasteiger partial charge in [-0.15, -0.1) is 0 Å². The van der Waals surface area contributed by atoms with Crippen LogP contribution in [0.5, 0.6) is 17.2 Å². The second-order valence-corrected chi connectivity index (χ2v) is 8.13. The second-order valence-electron chi connectivity index (χ2n) is 8.13. The summed E-state index contributed by atoms with van der Waals surface area (Å²) in [6, 6.07) is 11.5. The molecule has 0 saturated heterocycles. The normalized spacial score (nSPS) is 14.1. The molecule has 0 bridgehead atoms. The molecule has 0 spiro atoms. The van der Waals surface area contributed by atoms with E-state index in [1.165, 1.54) is 12.1 Å². The van der Waals surface area contributed by atoms with Crippen LogP contribution in [0.3, 0.4) is 0 Å². The van der Waals surface area contributed by atoms with Crippen molar-refractivity contribution in [3.05, 3.63) is 53.8 Å². The van der Waals surface area contributed by atoms with Gasteiger partial charge in [-0.3, -0.25) is 9.69 Å². The second kappa shape index (κ2) is 12.4. The fourth-order valence-electron chi connectivity index (χ4n) is 3.57. The number of para-hydroxylation sites is 1. The van der Waals surface area contributed by atoms with E-state index in [-0.39, 0.29) is 12.5 Å². The van der Waals surface area contributed by atoms with E-state index < -0.39 is 11.9 Å². The van der Waals surface area contributed by atoms with Crippen molar-refractivity contribution in [3.8, 4) is 17.2 Å². The van der Waals surface area contributed by atoms with Gasteiger partial charge in [-0.25, -0.2) is 4.39 Å². The molecule has 3 rings (SSSR count). The maximum absolute atomic E-state index is 13.7. The van der Waals surface area contributed by atoms with E-state index >= 15 is 0 Å². The smallest absolute Gasteiger partial charge is 0.262 e. The van der Waals surface area contributed by atoms with Crippen LogP contribution in [0.4, 0.5) is 4.39 Å². The minimum absolute atomic E-state index is 0.216. The lowest BCUT2D eigenvalue weighted by Gasteiger charge is -2.28. The Morgan fingerprint density at radius 1 is 1.15 bits per heavy atom. The summed E-state index contributed by atoms with van der Waals surface area (Å²) in [4.78, 5) is 15.1. The molecule has 1 saturated carbocycles. The summed E-state index contributed by atoms with van der Waals surface area (Å²) < 4.78 is 36.0. The number of benzene rings is 2. The maximum Gasteiger partial charge on any atom is 0.262 e. The molecule has 0 heterocycles. The number of carbonyl (C=O) groups excluding carboxylic acids is 1. The van der Waals surface area contributed by atoms with Gasteiger partial charge in [0.05, 0.1) is 20.8 Å². The number of nitrogens with one attached hydrogen (secondary N) is 1. The van der Waals surface area contributed by atoms with E-state index in [4.69, 9.17) is 18.9 Å². The van der Waals surface area contributed by atoms with Crippen LogP contribution in [-0.2, 0) is 16.1 Å². The van der Waals surface area contributed by atoms with E-state index in [2.05, 4.69) is 10.2 Å². The molecule has 8 heteroatoms. The molecule has 2 aromatic carbocycles. The van der Waals surface area contributed by atoms with Crippen LogP contribution in [0, 0.1) is 11.7 Å². The number of carbonyl (C=O) groups is 1. The Kier molecular flexibility index (Phi) is 9.33. The Hall–Kier alpha value is -2.84. The van der Waals surface area contributed by atoms with E-state index in [9.17, 15) is 9.18 Å². The molecule has 1 fully saturated rings. The molecule has 1 N–H and O–H groups in total. The standard InChI is InChI=1S/C25H33FN2O5/c1-30-13-12-28(16-19-6-4-9-22(31-2)24(19)32-3)17-23(25(29)27-15-18-10-11-18)33-21-8-5-7-20(26)14-21/h4-9,14,18,23H,10-13,15-17H2,1-3H3,(H,27,29). The van der Waals surface area contributed by atoms with Crippen molar-refractivity contribution in [2.24, 2.45) is 5.92 Å². The molecule has 1 unspecified atom stereocenters. The number of rotatable bonds is 14. The minimum Gasteiger partial charge on any atom is -0.493 e. The Balaban J connectivity index is 1.79. The van der Waals surface area contributed by atoms with Crippen LogP contribution >= 0.6 is 0 Å². The zero-order valence-electron chi connectivity index (χ0n) is 19.5. The molecule has 1 aliphatic carbocycles. The zero-order chi connectivity index (χ0) is 23.6. The maximum atomic E-state index is 13.7. The third-order valence-corrected chi connectivity index (χ3v) is 5.54. The lowest BCUT2D eigenvalue weighted by atomic mass is 10.1. The van der Waals surface area contributed by atoms with Gasteiger partial charge in [0.25, 0.3) is 5.91 Å². The number of hydrogen-bond donors (Lipinski definition) is 1. The molecule has 0 aliphatic heterocycles. The predicted octanol–water partition coefficient (Wildman–Crippen LogP) is 3.27. The molecular weight excluding hydrogens is 427 g/mol. The lowest BCUT2D eigenvalue weighted by Crippen LogP contribution is -2.47. The molecule has 1 aliphatic rings. The van der Waals surface area contributed by atoms with Crippen molar-refractivity contribution < 1.29 is 28.1 Å². The summed E-state index contributed by atoms with van der Waals surface area (Å²) in [6.07, 6.45) is 1.44. The zero-order valence-corrected chi connectivity index (χ0v) is 19.5. The molecule has 0 aromatic heterocycles. The van der Waals surface area contributed by atoms with Crippen molar-refractivity contribution in [3.63, 3.8) is 0 Å². The van der Waals surface area contributed by atoms with Gasteiger partial charge >= 0.3 is 0 Å². The van der Waals surface area contributed by atoms with Gasteiger partial charge in [-0.1, -0.05) is 18.2 Å². The van der Waals surface area contributed by atoms with Crippen LogP contribution in [-0.4, -0.2) is 64.5 Å². The van der Waals surface area contributed by atoms with Gasteiger partial charge in [0, 0.05) is 44.9 Å². The van der Waals surface area contributed by atoms with Crippen LogP contribution in [0.25, 0.3) is 0 Å². The number of ether oxygens (including phenoxy) is 4. The van der Waals surface area contributed by atoms with Gasteiger partial charge in [-0.2, -0.15) is 0 Å². The fraction of sp³-hybridized carbons (Fsp3) is 0.480. The van der Waals surface area contributed by atoms with Crippen LogP contribution < -0.4 is 19.5 Å². The Morgan fingerprint density at radius 2 is 1.94 bits per heavy atom. The van der Waals surface area contributed by atoms with Crippen LogP contribution in [0.15, 0.2) is 42.5 Å². The topological polar surface area (TPSA) is 69.3 Å². The van der Waals surface area contributed by atoms with Crippen LogP contribution in [0.1, 0.15) is 18.4 Å². The van der Waals surface area contributed by atoms with E-state index in [1.807, 2.05) is 18.2 Å². The predicted molar refractivity (Wildman–Crippen MR) is 123 cm³/mol. The highest BCUT2D eigenvalue weighted by molar-refractivity contribution is 5.81. The highest BCUT2D eigenvalue weighted by Gasteiger charge is 2.28. The highest BCUT2D eigenvalue weighted by Crippen LogP contribution is 2.31. The summed E-state index contributed by atoms with van der Waals surface area (Å²) in [5.74, 6) is 1.49. The average molecular weight is 461 g/mol. The summed E-state index contributed by atoms with van der Waals surface area (Å²) in [6.45, 7) is 2.45. The van der Waals surface area contributed by atoms with E-state index in [0.717, 1.165) is 18.4 Å². The van der Waals surface area contributed by atoms with Gasteiger partial charge in [0.15, 0.2) is 17.6 Å². The van der Waals surface area contributed by atoms with Crippen molar-refractivity contribution in [2.75, 3.05) is 47.6 Å². The molecular formula is C25H33FN2O5. The summed E-state index contributed by atoms with van der Waals surface area (Å²) in [5, 5.41) is 2.99. The van der Waals surface area contributed by atoms with Crippen molar-refractivity contribution in [1.29, 1.82) is 0 Å². The molecule has 180 valence electrons. The number of amides is 1. The summed E-state index contributed by atoms with van der Waals surface area (Å²) >= 11 is 0. The first kappa shape index (κ1) is 24.8. The van der Waals surface area contributed by atoms with Crippen molar-refractivity contribution >= 4 is 5.91 Å². The summed E-state index contributed by atoms with van der Waals surface area (Å²) in [7, 11) is 4.83. The largest absolute Gasteiger partial charge is 0.493 e. The SMILES string of the molecule is COCCN(Cc1cccc(OC)c1OC)CC(Oc1cccc(F)c1)C(=O)NCC1CC1. The van der Waals surface area contributed by atoms with Gasteiger partial charge in [0.1, 0.15) is 11.6 Å². The number of nitrogens with zero attached hydrogens (tertiary/aromatic N) is 1. The Morgan fingerprint density at radius 3 is 2.61 bits per heavy atom. The minimum atomic E-state index is -0.820. The molecule has 1 atom stereocenters. The molecule has 2 aromatic rings. The van der Waals surface area contributed by atoms with E-state index in [0.29, 0.717) is 49.4 Å². The first-order chi connectivity index (χ1) is 16.0. The number of hydrogen-bond acceptors (Lipinski definition) is 6. The molecule has 7 nitrogen and oxygen atoms in total. The molecule has 33 heavy (non-hydrogen) atoms. The quantitative estimate of drug-likeness (QED) is 0.467. The van der Waals surface area contributed by atoms with Crippen molar-refractivity contribution in [2.45, 2.75) is 25.5 Å². The van der Waals surface area contributed by atoms with E-state index in [1.54, 1.807) is 33.5 Å². The molecule has 1 amide bonds. The monoisotopic (exact) mass is 460 g/mol. The Labute approximate surface area is 194 Å². The summed E-state index contributed by atoms with van der Waals surface area (Å²) in [5.41, 5.74) is 0.913. The fourth-order valence-corrected chi connectivity index (χ4v) is 3.57. The lowest BCUT2D eigenvalue weighted by molar-refractivity contribution is -0.129. The third kappa shape index (κ3) is 7.61. The van der Waals surface area contributed by atoms with Crippen molar-refractivity contribution in [1.82, 2.24) is 10.2 Å². The highest BCUT2D eigenvalue weighted by atomic mass is 19.1. The van der Waals surface area contributed by atoms with Crippen LogP contribution in [0.2, 0.25) is 0 Å². The Bertz CT molecular complexity index is 906. The first-order valence-electron chi connectivity index (χ1n) is 11.1. The average Bonchev–Trinajstić information content (AvgIpc) is 3.65. The van der Waals surface area contributed by atoms with Gasteiger partial charge < -0.3 is 24.3 Å².